The minimum Gasteiger partial charge on any atom is -0.371 e. The van der Waals surface area contributed by atoms with E-state index in [0.29, 0.717) is 24.4 Å². The van der Waals surface area contributed by atoms with E-state index in [0.717, 1.165) is 59.0 Å². The molecular formula is C26H34N2O4. The summed E-state index contributed by atoms with van der Waals surface area (Å²) in [5, 5.41) is 0. The zero-order valence-electron chi connectivity index (χ0n) is 17.8. The normalized spacial score (nSPS) is 26.8. The van der Waals surface area contributed by atoms with Crippen LogP contribution in [-0.4, -0.2) is 77.0 Å². The lowest BCUT2D eigenvalue weighted by Crippen LogP contribution is -2.31. The smallest absolute Gasteiger partial charge is 0.0984 e. The Labute approximate surface area is 191 Å². The average molecular weight is 439 g/mol. The van der Waals surface area contributed by atoms with Gasteiger partial charge in [0.15, 0.2) is 0 Å². The van der Waals surface area contributed by atoms with E-state index in [9.17, 15) is 0 Å². The highest BCUT2D eigenvalue weighted by molar-refractivity contribution is 5.51. The Morgan fingerprint density at radius 3 is 1.06 bits per heavy atom. The molecule has 4 saturated heterocycles. The van der Waals surface area contributed by atoms with E-state index in [1.807, 2.05) is 0 Å². The van der Waals surface area contributed by atoms with Gasteiger partial charge in [-0.25, -0.2) is 0 Å². The zero-order valence-corrected chi connectivity index (χ0v) is 17.8. The molecule has 4 fully saturated rings. The van der Waals surface area contributed by atoms with Crippen molar-refractivity contribution in [3.8, 4) is 0 Å². The summed E-state index contributed by atoms with van der Waals surface area (Å²) in [6, 6.07) is 17.9. The Kier molecular flexibility index (Phi) is 6.37. The number of anilines is 2. The predicted molar refractivity (Wildman–Crippen MR) is 126 cm³/mol. The lowest BCUT2D eigenvalue weighted by molar-refractivity contribution is 0.388. The van der Waals surface area contributed by atoms with E-state index < -0.39 is 0 Å². The van der Waals surface area contributed by atoms with E-state index in [1.54, 1.807) is 0 Å². The molecule has 0 amide bonds. The molecule has 172 valence electrons. The fourth-order valence-corrected chi connectivity index (χ4v) is 4.13. The molecule has 4 aliphatic rings. The third kappa shape index (κ3) is 6.01. The molecule has 0 radical (unpaired) electrons. The zero-order chi connectivity index (χ0) is 20.6. The molecule has 4 unspecified atom stereocenters. The van der Waals surface area contributed by atoms with Crippen molar-refractivity contribution in [1.29, 1.82) is 0 Å². The summed E-state index contributed by atoms with van der Waals surface area (Å²) in [5.74, 6) is 0. The Balaban J connectivity index is 0.00000216. The topological polar surface area (TPSA) is 56.6 Å². The maximum Gasteiger partial charge on any atom is 0.0984 e. The monoisotopic (exact) mass is 438 g/mol. The fraction of sp³-hybridized carbons (Fsp3) is 0.538. The molecule has 32 heavy (non-hydrogen) atoms. The number of benzene rings is 2. The Bertz CT molecular complexity index is 770. The summed E-state index contributed by atoms with van der Waals surface area (Å²) < 4.78 is 21.8. The summed E-state index contributed by atoms with van der Waals surface area (Å²) in [6.45, 7) is 7.35. The van der Waals surface area contributed by atoms with Gasteiger partial charge < -0.3 is 28.7 Å². The minimum atomic E-state index is 0. The molecule has 0 aliphatic carbocycles. The molecule has 2 aromatic carbocycles. The third-order valence-electron chi connectivity index (χ3n) is 6.32. The van der Waals surface area contributed by atoms with E-state index >= 15 is 0 Å². The van der Waals surface area contributed by atoms with Gasteiger partial charge >= 0.3 is 0 Å². The van der Waals surface area contributed by atoms with Crippen LogP contribution in [0, 0.1) is 0 Å². The van der Waals surface area contributed by atoms with Crippen LogP contribution in [0.4, 0.5) is 11.4 Å². The van der Waals surface area contributed by atoms with Crippen LogP contribution < -0.4 is 9.80 Å². The molecule has 4 aliphatic heterocycles. The van der Waals surface area contributed by atoms with Gasteiger partial charge in [-0.3, -0.25) is 0 Å². The van der Waals surface area contributed by atoms with Gasteiger partial charge in [0, 0.05) is 37.6 Å². The molecule has 6 nitrogen and oxygen atoms in total. The van der Waals surface area contributed by atoms with Gasteiger partial charge in [-0.15, -0.1) is 0 Å². The summed E-state index contributed by atoms with van der Waals surface area (Å²) in [6.07, 6.45) is 2.48. The van der Waals surface area contributed by atoms with E-state index in [4.69, 9.17) is 18.9 Å². The highest BCUT2D eigenvalue weighted by atomic mass is 16.6. The molecule has 0 N–H and O–H groups in total. The number of epoxide rings is 4. The number of nitrogens with zero attached hydrogens (tertiary/aromatic N) is 2. The van der Waals surface area contributed by atoms with Crippen molar-refractivity contribution < 1.29 is 18.9 Å². The molecule has 0 bridgehead atoms. The molecule has 4 heterocycles. The van der Waals surface area contributed by atoms with Gasteiger partial charge in [-0.1, -0.05) is 31.7 Å². The molecular weight excluding hydrogens is 404 g/mol. The summed E-state index contributed by atoms with van der Waals surface area (Å²) in [5.41, 5.74) is 5.17. The molecule has 4 atom stereocenters. The van der Waals surface area contributed by atoms with Crippen molar-refractivity contribution in [3.63, 3.8) is 0 Å². The van der Waals surface area contributed by atoms with Gasteiger partial charge in [0.1, 0.15) is 0 Å². The number of hydrogen-bond acceptors (Lipinski definition) is 6. The molecule has 0 spiro atoms. The van der Waals surface area contributed by atoms with Gasteiger partial charge in [0.2, 0.25) is 0 Å². The Hall–Kier alpha value is -2.12. The number of hydrogen-bond donors (Lipinski definition) is 0. The summed E-state index contributed by atoms with van der Waals surface area (Å²) in [7, 11) is 0. The summed E-state index contributed by atoms with van der Waals surface area (Å²) in [4.78, 5) is 4.80. The first-order valence-corrected chi connectivity index (χ1v) is 11.4. The Morgan fingerprint density at radius 1 is 0.531 bits per heavy atom. The first-order valence-electron chi connectivity index (χ1n) is 11.4. The lowest BCUT2D eigenvalue weighted by Gasteiger charge is -2.24. The van der Waals surface area contributed by atoms with E-state index in [-0.39, 0.29) is 7.43 Å². The second kappa shape index (κ2) is 9.40. The number of rotatable bonds is 12. The lowest BCUT2D eigenvalue weighted by atomic mass is 10.0. The second-order valence-electron chi connectivity index (χ2n) is 9.14. The first kappa shape index (κ1) is 21.7. The maximum absolute atomic E-state index is 5.44. The molecule has 0 saturated carbocycles. The second-order valence-corrected chi connectivity index (χ2v) is 9.14. The first-order chi connectivity index (χ1) is 15.3. The standard InChI is InChI=1S/C25H30N2O4.CH4/c1-5-20(26(10-22-14-28-22)11-23-15-29-23)6-2-18(1)9-19-3-7-21(8-4-19)27(12-24-16-30-24)13-25-17-31-25;/h1-8,22-25H,9-17H2;1H4. The van der Waals surface area contributed by atoms with Crippen LogP contribution in [0.3, 0.4) is 0 Å². The largest absolute Gasteiger partial charge is 0.371 e. The van der Waals surface area contributed by atoms with Gasteiger partial charge in [0.05, 0.1) is 50.8 Å². The van der Waals surface area contributed by atoms with Crippen LogP contribution in [0.5, 0.6) is 0 Å². The van der Waals surface area contributed by atoms with Crippen molar-refractivity contribution in [2.45, 2.75) is 38.3 Å². The highest BCUT2D eigenvalue weighted by Crippen LogP contribution is 2.25. The molecule has 0 aromatic heterocycles. The van der Waals surface area contributed by atoms with Crippen molar-refractivity contribution >= 4 is 11.4 Å². The maximum atomic E-state index is 5.44. The quantitative estimate of drug-likeness (QED) is 0.475. The van der Waals surface area contributed by atoms with Crippen molar-refractivity contribution in [2.75, 3.05) is 62.4 Å². The van der Waals surface area contributed by atoms with Gasteiger partial charge in [-0.2, -0.15) is 0 Å². The van der Waals surface area contributed by atoms with E-state index in [1.165, 1.54) is 22.5 Å². The van der Waals surface area contributed by atoms with E-state index in [2.05, 4.69) is 58.3 Å². The Morgan fingerprint density at radius 2 is 0.812 bits per heavy atom. The van der Waals surface area contributed by atoms with Crippen molar-refractivity contribution in [1.82, 2.24) is 0 Å². The number of ether oxygens (including phenoxy) is 4. The van der Waals surface area contributed by atoms with Crippen molar-refractivity contribution in [3.05, 3.63) is 59.7 Å². The van der Waals surface area contributed by atoms with Crippen LogP contribution in [0.15, 0.2) is 48.5 Å². The molecule has 2 aromatic rings. The van der Waals surface area contributed by atoms with Gasteiger partial charge in [-0.05, 0) is 41.8 Å². The fourth-order valence-electron chi connectivity index (χ4n) is 4.13. The van der Waals surface area contributed by atoms with Crippen LogP contribution in [0.2, 0.25) is 0 Å². The average Bonchev–Trinajstić information content (AvgIpc) is 3.63. The SMILES string of the molecule is C.c1cc(N(CC2CO2)CC2CO2)ccc1Cc1ccc(N(CC2CO2)CC2CO2)cc1. The predicted octanol–water partition coefficient (Wildman–Crippen LogP) is 3.12. The van der Waals surface area contributed by atoms with Crippen LogP contribution in [0.25, 0.3) is 0 Å². The minimum absolute atomic E-state index is 0. The van der Waals surface area contributed by atoms with Crippen LogP contribution in [0.1, 0.15) is 18.6 Å². The molecule has 6 heteroatoms. The molecule has 6 rings (SSSR count). The van der Waals surface area contributed by atoms with Crippen LogP contribution in [-0.2, 0) is 25.4 Å². The van der Waals surface area contributed by atoms with Crippen LogP contribution >= 0.6 is 0 Å². The van der Waals surface area contributed by atoms with Crippen molar-refractivity contribution in [2.24, 2.45) is 0 Å². The highest BCUT2D eigenvalue weighted by Gasteiger charge is 2.32. The van der Waals surface area contributed by atoms with Gasteiger partial charge in [0.25, 0.3) is 0 Å². The summed E-state index contributed by atoms with van der Waals surface area (Å²) >= 11 is 0. The third-order valence-corrected chi connectivity index (χ3v) is 6.32.